The van der Waals surface area contributed by atoms with Crippen molar-refractivity contribution in [2.75, 3.05) is 32.1 Å². The van der Waals surface area contributed by atoms with E-state index in [1.165, 1.54) is 0 Å². The van der Waals surface area contributed by atoms with Gasteiger partial charge in [-0.25, -0.2) is 0 Å². The van der Waals surface area contributed by atoms with Crippen LogP contribution in [0.5, 0.6) is 0 Å². The fourth-order valence-electron chi connectivity index (χ4n) is 1.88. The summed E-state index contributed by atoms with van der Waals surface area (Å²) in [4.78, 5) is 24.8. The quantitative estimate of drug-likeness (QED) is 0.742. The molecule has 6 nitrogen and oxygen atoms in total. The Hall–Kier alpha value is -2.08. The third kappa shape index (κ3) is 5.71. The monoisotopic (exact) mass is 280 g/mol. The van der Waals surface area contributed by atoms with Crippen LogP contribution in [0.15, 0.2) is 24.3 Å². The fourth-order valence-corrected chi connectivity index (χ4v) is 1.88. The molecule has 0 spiro atoms. The Bertz CT molecular complexity index is 476. The van der Waals surface area contributed by atoms with E-state index in [-0.39, 0.29) is 13.0 Å². The average Bonchev–Trinajstić information content (AvgIpc) is 2.35. The van der Waals surface area contributed by atoms with Crippen molar-refractivity contribution in [1.82, 2.24) is 4.90 Å². The van der Waals surface area contributed by atoms with Crippen LogP contribution in [0.3, 0.4) is 0 Å². The van der Waals surface area contributed by atoms with E-state index in [4.69, 9.17) is 10.2 Å². The van der Waals surface area contributed by atoms with Gasteiger partial charge in [0.2, 0.25) is 0 Å². The molecule has 0 bridgehead atoms. The molecule has 1 aromatic rings. The van der Waals surface area contributed by atoms with Gasteiger partial charge in [0.1, 0.15) is 0 Å². The SMILES string of the molecule is CN(CC(=O)O)Cc1cccc(N(C)CCC(=O)O)c1. The summed E-state index contributed by atoms with van der Waals surface area (Å²) >= 11 is 0. The highest BCUT2D eigenvalue weighted by Gasteiger charge is 2.08. The molecular formula is C14H20N2O4. The third-order valence-corrected chi connectivity index (χ3v) is 2.87. The lowest BCUT2D eigenvalue weighted by Crippen LogP contribution is -2.25. The number of benzene rings is 1. The van der Waals surface area contributed by atoms with Crippen molar-refractivity contribution in [3.05, 3.63) is 29.8 Å². The molecule has 0 radical (unpaired) electrons. The summed E-state index contributed by atoms with van der Waals surface area (Å²) in [6.07, 6.45) is 0.0830. The maximum Gasteiger partial charge on any atom is 0.317 e. The number of carboxylic acids is 2. The van der Waals surface area contributed by atoms with Gasteiger partial charge in [-0.15, -0.1) is 0 Å². The lowest BCUT2D eigenvalue weighted by molar-refractivity contribution is -0.138. The van der Waals surface area contributed by atoms with Gasteiger partial charge in [-0.2, -0.15) is 0 Å². The van der Waals surface area contributed by atoms with Crippen molar-refractivity contribution >= 4 is 17.6 Å². The number of carbonyl (C=O) groups is 2. The lowest BCUT2D eigenvalue weighted by Gasteiger charge is -2.20. The summed E-state index contributed by atoms with van der Waals surface area (Å²) in [6, 6.07) is 7.66. The van der Waals surface area contributed by atoms with Gasteiger partial charge in [0.25, 0.3) is 0 Å². The molecule has 20 heavy (non-hydrogen) atoms. The number of aliphatic carboxylic acids is 2. The molecule has 2 N–H and O–H groups in total. The van der Waals surface area contributed by atoms with Gasteiger partial charge >= 0.3 is 11.9 Å². The van der Waals surface area contributed by atoms with E-state index in [2.05, 4.69) is 0 Å². The Labute approximate surface area is 118 Å². The molecule has 0 saturated heterocycles. The summed E-state index contributed by atoms with van der Waals surface area (Å²) in [7, 11) is 3.58. The van der Waals surface area contributed by atoms with Crippen molar-refractivity contribution in [3.63, 3.8) is 0 Å². The van der Waals surface area contributed by atoms with E-state index in [0.717, 1.165) is 11.3 Å². The van der Waals surface area contributed by atoms with Crippen LogP contribution in [0, 0.1) is 0 Å². The summed E-state index contributed by atoms with van der Waals surface area (Å²) in [5, 5.41) is 17.4. The molecule has 0 unspecified atom stereocenters. The molecule has 0 aliphatic rings. The van der Waals surface area contributed by atoms with Crippen LogP contribution >= 0.6 is 0 Å². The van der Waals surface area contributed by atoms with Gasteiger partial charge in [-0.1, -0.05) is 12.1 Å². The van der Waals surface area contributed by atoms with Crippen LogP contribution in [0.4, 0.5) is 5.69 Å². The van der Waals surface area contributed by atoms with Crippen molar-refractivity contribution in [2.45, 2.75) is 13.0 Å². The number of hydrogen-bond donors (Lipinski definition) is 2. The number of nitrogens with zero attached hydrogens (tertiary/aromatic N) is 2. The number of carboxylic acid groups (broad SMARTS) is 2. The zero-order chi connectivity index (χ0) is 15.1. The summed E-state index contributed by atoms with van der Waals surface area (Å²) in [6.45, 7) is 0.954. The van der Waals surface area contributed by atoms with Gasteiger partial charge in [0.15, 0.2) is 0 Å². The Morgan fingerprint density at radius 2 is 1.85 bits per heavy atom. The zero-order valence-electron chi connectivity index (χ0n) is 11.7. The zero-order valence-corrected chi connectivity index (χ0v) is 11.7. The maximum atomic E-state index is 10.6. The van der Waals surface area contributed by atoms with Crippen LogP contribution < -0.4 is 4.90 Å². The molecule has 0 amide bonds. The largest absolute Gasteiger partial charge is 0.481 e. The van der Waals surface area contributed by atoms with Gasteiger partial charge in [0.05, 0.1) is 13.0 Å². The first-order chi connectivity index (χ1) is 9.38. The minimum absolute atomic E-state index is 0.0148. The van der Waals surface area contributed by atoms with Gasteiger partial charge < -0.3 is 15.1 Å². The number of hydrogen-bond acceptors (Lipinski definition) is 4. The predicted octanol–water partition coefficient (Wildman–Crippen LogP) is 1.11. The summed E-state index contributed by atoms with van der Waals surface area (Å²) < 4.78 is 0. The molecule has 0 aliphatic heterocycles. The first kappa shape index (κ1) is 16.0. The highest BCUT2D eigenvalue weighted by atomic mass is 16.4. The second-order valence-corrected chi connectivity index (χ2v) is 4.80. The van der Waals surface area contributed by atoms with Gasteiger partial charge in [-0.05, 0) is 24.7 Å². The Balaban J connectivity index is 2.65. The molecule has 0 aliphatic carbocycles. The van der Waals surface area contributed by atoms with E-state index >= 15 is 0 Å². The van der Waals surface area contributed by atoms with Crippen LogP contribution in [0.1, 0.15) is 12.0 Å². The molecule has 110 valence electrons. The Kier molecular flexibility index (Phi) is 5.99. The van der Waals surface area contributed by atoms with E-state index < -0.39 is 11.9 Å². The molecule has 0 aromatic heterocycles. The first-order valence-corrected chi connectivity index (χ1v) is 6.30. The molecule has 0 fully saturated rings. The standard InChI is InChI=1S/C14H20N2O4/c1-15(10-14(19)20)9-11-4-3-5-12(8-11)16(2)7-6-13(17)18/h3-5,8H,6-7,9-10H2,1-2H3,(H,17,18)(H,19,20). The van der Waals surface area contributed by atoms with Crippen LogP contribution in [0.2, 0.25) is 0 Å². The smallest absolute Gasteiger partial charge is 0.317 e. The van der Waals surface area contributed by atoms with Gasteiger partial charge in [0, 0.05) is 25.8 Å². The number of rotatable bonds is 8. The normalized spacial score (nSPS) is 10.6. The van der Waals surface area contributed by atoms with Crippen molar-refractivity contribution < 1.29 is 19.8 Å². The maximum absolute atomic E-state index is 10.6. The minimum Gasteiger partial charge on any atom is -0.481 e. The highest BCUT2D eigenvalue weighted by molar-refractivity contribution is 5.69. The van der Waals surface area contributed by atoms with E-state index in [9.17, 15) is 9.59 Å². The summed E-state index contributed by atoms with van der Waals surface area (Å²) in [5.41, 5.74) is 1.92. The predicted molar refractivity (Wildman–Crippen MR) is 75.9 cm³/mol. The molecule has 0 heterocycles. The minimum atomic E-state index is -0.859. The first-order valence-electron chi connectivity index (χ1n) is 6.30. The molecule has 1 aromatic carbocycles. The van der Waals surface area contributed by atoms with Crippen molar-refractivity contribution in [2.24, 2.45) is 0 Å². The van der Waals surface area contributed by atoms with Crippen LogP contribution in [0.25, 0.3) is 0 Å². The molecule has 0 atom stereocenters. The molecule has 1 rings (SSSR count). The average molecular weight is 280 g/mol. The topological polar surface area (TPSA) is 81.1 Å². The Morgan fingerprint density at radius 1 is 1.15 bits per heavy atom. The third-order valence-electron chi connectivity index (χ3n) is 2.87. The van der Waals surface area contributed by atoms with E-state index in [1.807, 2.05) is 36.2 Å². The lowest BCUT2D eigenvalue weighted by atomic mass is 10.1. The number of anilines is 1. The Morgan fingerprint density at radius 3 is 2.45 bits per heavy atom. The second-order valence-electron chi connectivity index (χ2n) is 4.80. The number of likely N-dealkylation sites (N-methyl/N-ethyl adjacent to an activating group) is 1. The van der Waals surface area contributed by atoms with Crippen molar-refractivity contribution in [1.29, 1.82) is 0 Å². The molecule has 6 heteroatoms. The second kappa shape index (κ2) is 7.49. The fraction of sp³-hybridized carbons (Fsp3) is 0.429. The van der Waals surface area contributed by atoms with E-state index in [0.29, 0.717) is 13.1 Å². The van der Waals surface area contributed by atoms with Gasteiger partial charge in [-0.3, -0.25) is 14.5 Å². The van der Waals surface area contributed by atoms with Crippen molar-refractivity contribution in [3.8, 4) is 0 Å². The highest BCUT2D eigenvalue weighted by Crippen LogP contribution is 2.16. The van der Waals surface area contributed by atoms with Crippen LogP contribution in [-0.2, 0) is 16.1 Å². The summed E-state index contributed by atoms with van der Waals surface area (Å²) in [5.74, 6) is -1.68. The molecule has 0 saturated carbocycles. The van der Waals surface area contributed by atoms with Crippen LogP contribution in [-0.4, -0.2) is 54.2 Å². The molecular weight excluding hydrogens is 260 g/mol. The van der Waals surface area contributed by atoms with E-state index in [1.54, 1.807) is 11.9 Å².